The zero-order valence-electron chi connectivity index (χ0n) is 15.2. The fourth-order valence-corrected chi connectivity index (χ4v) is 4.16. The summed E-state index contributed by atoms with van der Waals surface area (Å²) in [4.78, 5) is 12.9. The van der Waals surface area contributed by atoms with Crippen molar-refractivity contribution in [2.75, 3.05) is 5.32 Å². The van der Waals surface area contributed by atoms with E-state index in [1.807, 2.05) is 6.07 Å². The highest BCUT2D eigenvalue weighted by Crippen LogP contribution is 2.17. The molecule has 0 unspecified atom stereocenters. The van der Waals surface area contributed by atoms with Crippen LogP contribution in [0.3, 0.4) is 0 Å². The van der Waals surface area contributed by atoms with Crippen molar-refractivity contribution in [1.29, 1.82) is 0 Å². The van der Waals surface area contributed by atoms with Crippen molar-refractivity contribution in [1.82, 2.24) is 4.72 Å². The van der Waals surface area contributed by atoms with E-state index in [1.165, 1.54) is 36.4 Å². The van der Waals surface area contributed by atoms with Crippen LogP contribution in [-0.4, -0.2) is 20.4 Å². The maximum atomic E-state index is 13.4. The molecule has 0 radical (unpaired) electrons. The molecule has 3 rings (SSSR count). The molecule has 150 valence electrons. The highest BCUT2D eigenvalue weighted by Gasteiger charge is 2.26. The highest BCUT2D eigenvalue weighted by atomic mass is 79.9. The van der Waals surface area contributed by atoms with Gasteiger partial charge in [0, 0.05) is 10.2 Å². The van der Waals surface area contributed by atoms with Gasteiger partial charge in [0.05, 0.1) is 4.90 Å². The summed E-state index contributed by atoms with van der Waals surface area (Å²) in [6.45, 7) is 0. The summed E-state index contributed by atoms with van der Waals surface area (Å²) < 4.78 is 42.2. The van der Waals surface area contributed by atoms with Crippen LogP contribution >= 0.6 is 15.9 Å². The number of nitrogens with one attached hydrogen (secondary N) is 2. The van der Waals surface area contributed by atoms with Crippen molar-refractivity contribution >= 4 is 37.5 Å². The Labute approximate surface area is 177 Å². The van der Waals surface area contributed by atoms with E-state index in [1.54, 1.807) is 36.4 Å². The minimum absolute atomic E-state index is 0.0392. The molecule has 1 amide bonds. The average Bonchev–Trinajstić information content (AvgIpc) is 2.68. The first-order chi connectivity index (χ1) is 13.8. The Morgan fingerprint density at radius 1 is 0.966 bits per heavy atom. The van der Waals surface area contributed by atoms with E-state index in [0.29, 0.717) is 0 Å². The molecule has 29 heavy (non-hydrogen) atoms. The summed E-state index contributed by atoms with van der Waals surface area (Å²) in [6.07, 6.45) is 0.137. The quantitative estimate of drug-likeness (QED) is 0.538. The Kier molecular flexibility index (Phi) is 6.79. The molecule has 0 aliphatic carbocycles. The zero-order chi connectivity index (χ0) is 20.9. The van der Waals surface area contributed by atoms with Crippen molar-refractivity contribution in [3.05, 3.63) is 94.7 Å². The lowest BCUT2D eigenvalue weighted by molar-refractivity contribution is -0.117. The SMILES string of the molecule is O=C(Nc1cccc(F)c1)[C@@H](Cc1ccccc1)NS(=O)(=O)c1ccc(Br)cc1. The molecule has 0 aromatic heterocycles. The second-order valence-electron chi connectivity index (χ2n) is 6.32. The molecule has 5 nitrogen and oxygen atoms in total. The van der Waals surface area contributed by atoms with Gasteiger partial charge in [0.2, 0.25) is 15.9 Å². The van der Waals surface area contributed by atoms with Crippen molar-refractivity contribution in [3.63, 3.8) is 0 Å². The van der Waals surface area contributed by atoms with E-state index in [2.05, 4.69) is 26.0 Å². The molecule has 0 spiro atoms. The molecule has 0 aliphatic heterocycles. The molecular formula is C21H18BrFN2O3S. The number of hydrogen-bond donors (Lipinski definition) is 2. The van der Waals surface area contributed by atoms with Gasteiger partial charge in [0.15, 0.2) is 0 Å². The number of benzene rings is 3. The summed E-state index contributed by atoms with van der Waals surface area (Å²) in [6, 6.07) is 19.5. The Morgan fingerprint density at radius 2 is 1.66 bits per heavy atom. The van der Waals surface area contributed by atoms with E-state index in [4.69, 9.17) is 0 Å². The average molecular weight is 477 g/mol. The fraction of sp³-hybridized carbons (Fsp3) is 0.0952. The Bertz CT molecular complexity index is 1090. The van der Waals surface area contributed by atoms with Crippen LogP contribution in [0.5, 0.6) is 0 Å². The monoisotopic (exact) mass is 476 g/mol. The standard InChI is InChI=1S/C21H18BrFN2O3S/c22-16-9-11-19(12-10-16)29(27,28)25-20(13-15-5-2-1-3-6-15)21(26)24-18-8-4-7-17(23)14-18/h1-12,14,20,25H,13H2,(H,24,26)/t20-/m1/s1. The molecule has 0 saturated carbocycles. The molecule has 3 aromatic carbocycles. The summed E-state index contributed by atoms with van der Waals surface area (Å²) in [5.41, 5.74) is 1.03. The fourth-order valence-electron chi connectivity index (χ4n) is 2.70. The summed E-state index contributed by atoms with van der Waals surface area (Å²) >= 11 is 3.26. The second kappa shape index (κ2) is 9.30. The van der Waals surface area contributed by atoms with E-state index >= 15 is 0 Å². The molecule has 0 fully saturated rings. The van der Waals surface area contributed by atoms with Crippen LogP contribution < -0.4 is 10.0 Å². The summed E-state index contributed by atoms with van der Waals surface area (Å²) in [7, 11) is -3.95. The Balaban J connectivity index is 1.85. The van der Waals surface area contributed by atoms with Crippen LogP contribution in [0.2, 0.25) is 0 Å². The molecule has 0 aliphatic rings. The molecule has 1 atom stereocenters. The van der Waals surface area contributed by atoms with Gasteiger partial charge in [-0.3, -0.25) is 4.79 Å². The van der Waals surface area contributed by atoms with Gasteiger partial charge in [-0.15, -0.1) is 0 Å². The third-order valence-electron chi connectivity index (χ3n) is 4.11. The first-order valence-electron chi connectivity index (χ1n) is 8.72. The predicted octanol–water partition coefficient (Wildman–Crippen LogP) is 4.12. The number of carbonyl (C=O) groups is 1. The first-order valence-corrected chi connectivity index (χ1v) is 11.0. The lowest BCUT2D eigenvalue weighted by Crippen LogP contribution is -2.45. The number of carbonyl (C=O) groups excluding carboxylic acids is 1. The Morgan fingerprint density at radius 3 is 2.31 bits per heavy atom. The van der Waals surface area contributed by atoms with Gasteiger partial charge in [0.1, 0.15) is 11.9 Å². The van der Waals surface area contributed by atoms with Crippen molar-refractivity contribution < 1.29 is 17.6 Å². The largest absolute Gasteiger partial charge is 0.325 e. The first kappa shape index (κ1) is 21.2. The topological polar surface area (TPSA) is 75.3 Å². The molecule has 8 heteroatoms. The highest BCUT2D eigenvalue weighted by molar-refractivity contribution is 9.10. The van der Waals surface area contributed by atoms with Gasteiger partial charge in [-0.05, 0) is 54.4 Å². The maximum absolute atomic E-state index is 13.4. The molecule has 0 heterocycles. The third kappa shape index (κ3) is 5.96. The van der Waals surface area contributed by atoms with E-state index in [9.17, 15) is 17.6 Å². The Hall–Kier alpha value is -2.55. The van der Waals surface area contributed by atoms with Gasteiger partial charge in [-0.1, -0.05) is 52.3 Å². The van der Waals surface area contributed by atoms with Gasteiger partial charge in [-0.2, -0.15) is 4.72 Å². The lowest BCUT2D eigenvalue weighted by Gasteiger charge is -2.19. The van der Waals surface area contributed by atoms with Crippen LogP contribution in [0.4, 0.5) is 10.1 Å². The maximum Gasteiger partial charge on any atom is 0.242 e. The van der Waals surface area contributed by atoms with E-state index in [-0.39, 0.29) is 17.0 Å². The lowest BCUT2D eigenvalue weighted by atomic mass is 10.1. The number of hydrogen-bond acceptors (Lipinski definition) is 3. The van der Waals surface area contributed by atoms with Gasteiger partial charge >= 0.3 is 0 Å². The van der Waals surface area contributed by atoms with Crippen molar-refractivity contribution in [3.8, 4) is 0 Å². The van der Waals surface area contributed by atoms with Gasteiger partial charge < -0.3 is 5.32 Å². The van der Waals surface area contributed by atoms with Gasteiger partial charge in [-0.25, -0.2) is 12.8 Å². The number of rotatable bonds is 7. The van der Waals surface area contributed by atoms with Crippen molar-refractivity contribution in [2.45, 2.75) is 17.4 Å². The van der Waals surface area contributed by atoms with Crippen molar-refractivity contribution in [2.24, 2.45) is 0 Å². The van der Waals surface area contributed by atoms with Crippen LogP contribution in [0.25, 0.3) is 0 Å². The minimum atomic E-state index is -3.95. The predicted molar refractivity (Wildman–Crippen MR) is 113 cm³/mol. The van der Waals surface area contributed by atoms with Crippen LogP contribution in [0.15, 0.2) is 88.2 Å². The summed E-state index contributed by atoms with van der Waals surface area (Å²) in [5.74, 6) is -1.09. The zero-order valence-corrected chi connectivity index (χ0v) is 17.6. The van der Waals surface area contributed by atoms with Crippen LogP contribution in [0.1, 0.15) is 5.56 Å². The molecular weight excluding hydrogens is 459 g/mol. The second-order valence-corrected chi connectivity index (χ2v) is 8.95. The van der Waals surface area contributed by atoms with E-state index in [0.717, 1.165) is 10.0 Å². The third-order valence-corrected chi connectivity index (χ3v) is 6.13. The molecule has 0 bridgehead atoms. The smallest absolute Gasteiger partial charge is 0.242 e. The normalized spacial score (nSPS) is 12.3. The van der Waals surface area contributed by atoms with Gasteiger partial charge in [0.25, 0.3) is 0 Å². The van der Waals surface area contributed by atoms with E-state index < -0.39 is 27.8 Å². The molecule has 2 N–H and O–H groups in total. The minimum Gasteiger partial charge on any atom is -0.325 e. The summed E-state index contributed by atoms with van der Waals surface area (Å²) in [5, 5.41) is 2.57. The number of sulfonamides is 1. The number of amides is 1. The molecule has 3 aromatic rings. The number of halogens is 2. The van der Waals surface area contributed by atoms with Crippen LogP contribution in [-0.2, 0) is 21.2 Å². The molecule has 0 saturated heterocycles. The van der Waals surface area contributed by atoms with Crippen LogP contribution in [0, 0.1) is 5.82 Å². The number of anilines is 1.